The molecule has 0 saturated carbocycles. The van der Waals surface area contributed by atoms with Gasteiger partial charge in [0.25, 0.3) is 11.8 Å². The fraction of sp³-hybridized carbons (Fsp3) is 0.435. The predicted molar refractivity (Wildman–Crippen MR) is 113 cm³/mol. The Morgan fingerprint density at radius 3 is 2.51 bits per heavy atom. The van der Waals surface area contributed by atoms with Crippen molar-refractivity contribution in [3.63, 3.8) is 0 Å². The van der Waals surface area contributed by atoms with Crippen LogP contribution in [0.1, 0.15) is 52.2 Å². The molecule has 2 fully saturated rings. The summed E-state index contributed by atoms with van der Waals surface area (Å²) in [5.74, 6) is -7.17. The molecule has 3 aliphatic heterocycles. The molecule has 2 bridgehead atoms. The van der Waals surface area contributed by atoms with Gasteiger partial charge in [-0.05, 0) is 13.3 Å². The third-order valence-electron chi connectivity index (χ3n) is 6.88. The topological polar surface area (TPSA) is 110 Å². The first-order chi connectivity index (χ1) is 16.6. The van der Waals surface area contributed by atoms with E-state index in [2.05, 4.69) is 5.32 Å². The van der Waals surface area contributed by atoms with Crippen LogP contribution in [0.2, 0.25) is 0 Å². The Labute approximate surface area is 197 Å². The number of aromatic hydroxyl groups is 1. The maximum Gasteiger partial charge on any atom is 0.274 e. The maximum atomic E-state index is 13.9. The highest BCUT2D eigenvalue weighted by Crippen LogP contribution is 2.44. The van der Waals surface area contributed by atoms with E-state index in [0.29, 0.717) is 38.2 Å². The van der Waals surface area contributed by atoms with Crippen LogP contribution in [0.15, 0.2) is 23.1 Å². The average molecular weight is 493 g/mol. The van der Waals surface area contributed by atoms with Gasteiger partial charge in [-0.2, -0.15) is 0 Å². The number of benzene rings is 1. The highest BCUT2D eigenvalue weighted by Gasteiger charge is 2.53. The summed E-state index contributed by atoms with van der Waals surface area (Å²) < 4.78 is 54.3. The number of fused-ring (bicyclic) bond motifs is 5. The fourth-order valence-electron chi connectivity index (χ4n) is 5.01. The zero-order valence-corrected chi connectivity index (χ0v) is 18.6. The Hall–Kier alpha value is -3.38. The molecule has 2 amide bonds. The smallest absolute Gasteiger partial charge is 0.274 e. The molecule has 0 radical (unpaired) electrons. The van der Waals surface area contributed by atoms with Crippen LogP contribution >= 0.6 is 0 Å². The number of nitrogens with zero attached hydrogens (tertiary/aromatic N) is 2. The van der Waals surface area contributed by atoms with Gasteiger partial charge >= 0.3 is 0 Å². The monoisotopic (exact) mass is 493 g/mol. The lowest BCUT2D eigenvalue weighted by molar-refractivity contribution is -0.193. The first-order valence-electron chi connectivity index (χ1n) is 11.1. The lowest BCUT2D eigenvalue weighted by Gasteiger charge is -2.42. The van der Waals surface area contributed by atoms with Gasteiger partial charge in [0.15, 0.2) is 17.2 Å². The third-order valence-corrected chi connectivity index (χ3v) is 6.88. The van der Waals surface area contributed by atoms with Gasteiger partial charge in [0.2, 0.25) is 5.43 Å². The summed E-state index contributed by atoms with van der Waals surface area (Å²) in [6.45, 7) is 1.99. The van der Waals surface area contributed by atoms with Crippen molar-refractivity contribution < 1.29 is 37.3 Å². The van der Waals surface area contributed by atoms with Gasteiger partial charge in [-0.1, -0.05) is 0 Å². The molecule has 3 aliphatic rings. The summed E-state index contributed by atoms with van der Waals surface area (Å²) in [6.07, 6.45) is 2.14. The molecule has 2 unspecified atom stereocenters. The number of nitrogens with one attached hydrogen (secondary N) is 1. The molecule has 12 heteroatoms. The van der Waals surface area contributed by atoms with Gasteiger partial charge in [0, 0.05) is 49.4 Å². The second-order valence-corrected chi connectivity index (χ2v) is 8.88. The van der Waals surface area contributed by atoms with Crippen LogP contribution in [-0.4, -0.2) is 58.0 Å². The van der Waals surface area contributed by atoms with Gasteiger partial charge in [-0.25, -0.2) is 13.2 Å². The molecule has 5 rings (SSSR count). The molecule has 9 nitrogen and oxygen atoms in total. The van der Waals surface area contributed by atoms with Crippen molar-refractivity contribution >= 4 is 11.8 Å². The lowest BCUT2D eigenvalue weighted by Crippen LogP contribution is -2.52. The Morgan fingerprint density at radius 2 is 1.86 bits per heavy atom. The standard InChI is InChI=1S/C23H22F3N3O6/c1-11-2-3-23(34-4-5-35-23)17-10-28(11)22(33)18-20(31)19(30)14(9-29(17)18)21(32)27-8-13-15(25)6-12(24)7-16(13)26/h6-7,9,11,17,31H,2-5,8,10H2,1H3,(H,27,32). The molecule has 1 aromatic carbocycles. The number of pyridine rings is 1. The first kappa shape index (κ1) is 23.4. The van der Waals surface area contributed by atoms with Crippen molar-refractivity contribution in [3.05, 3.63) is 62.8 Å². The molecule has 35 heavy (non-hydrogen) atoms. The summed E-state index contributed by atoms with van der Waals surface area (Å²) in [4.78, 5) is 40.4. The van der Waals surface area contributed by atoms with Gasteiger partial charge in [0.05, 0.1) is 13.2 Å². The summed E-state index contributed by atoms with van der Waals surface area (Å²) in [5.41, 5.74) is -2.54. The quantitative estimate of drug-likeness (QED) is 0.675. The van der Waals surface area contributed by atoms with Crippen LogP contribution in [0.5, 0.6) is 5.75 Å². The Morgan fingerprint density at radius 1 is 1.20 bits per heavy atom. The van der Waals surface area contributed by atoms with Gasteiger partial charge < -0.3 is 29.4 Å². The summed E-state index contributed by atoms with van der Waals surface area (Å²) in [5, 5.41) is 12.9. The second kappa shape index (κ2) is 8.38. The van der Waals surface area contributed by atoms with E-state index in [1.165, 1.54) is 4.57 Å². The minimum absolute atomic E-state index is 0.169. The van der Waals surface area contributed by atoms with E-state index in [9.17, 15) is 32.7 Å². The van der Waals surface area contributed by atoms with Crippen LogP contribution in [0.25, 0.3) is 0 Å². The molecule has 2 saturated heterocycles. The molecule has 1 aromatic heterocycles. The van der Waals surface area contributed by atoms with Crippen LogP contribution in [0, 0.1) is 17.5 Å². The van der Waals surface area contributed by atoms with Crippen LogP contribution in [0.3, 0.4) is 0 Å². The zero-order chi connectivity index (χ0) is 25.1. The van der Waals surface area contributed by atoms with Crippen molar-refractivity contribution in [2.45, 2.75) is 44.2 Å². The van der Waals surface area contributed by atoms with Gasteiger partial charge in [-0.3, -0.25) is 14.4 Å². The van der Waals surface area contributed by atoms with E-state index in [-0.39, 0.29) is 18.3 Å². The number of ether oxygens (including phenoxy) is 2. The van der Waals surface area contributed by atoms with Crippen molar-refractivity contribution in [1.29, 1.82) is 0 Å². The average Bonchev–Trinajstić information content (AvgIpc) is 3.24. The number of hydrogen-bond donors (Lipinski definition) is 2. The van der Waals surface area contributed by atoms with Crippen LogP contribution in [0.4, 0.5) is 13.2 Å². The molecule has 2 N–H and O–H groups in total. The molecular formula is C23H22F3N3O6. The van der Waals surface area contributed by atoms with E-state index < -0.39 is 69.9 Å². The number of halogens is 3. The highest BCUT2D eigenvalue weighted by molar-refractivity contribution is 5.99. The minimum atomic E-state index is -1.21. The summed E-state index contributed by atoms with van der Waals surface area (Å²) >= 11 is 0. The number of carbonyl (C=O) groups is 2. The molecule has 2 atom stereocenters. The maximum absolute atomic E-state index is 13.9. The zero-order valence-electron chi connectivity index (χ0n) is 18.6. The molecule has 186 valence electrons. The van der Waals surface area contributed by atoms with Gasteiger partial charge in [0.1, 0.15) is 29.1 Å². The second-order valence-electron chi connectivity index (χ2n) is 8.88. The minimum Gasteiger partial charge on any atom is -0.503 e. The highest BCUT2D eigenvalue weighted by atomic mass is 19.1. The predicted octanol–water partition coefficient (Wildman–Crippen LogP) is 1.82. The number of rotatable bonds is 3. The number of carbonyl (C=O) groups excluding carboxylic acids is 2. The van der Waals surface area contributed by atoms with E-state index >= 15 is 0 Å². The van der Waals surface area contributed by atoms with Crippen molar-refractivity contribution in [2.24, 2.45) is 0 Å². The first-order valence-corrected chi connectivity index (χ1v) is 11.1. The van der Waals surface area contributed by atoms with Gasteiger partial charge in [-0.15, -0.1) is 0 Å². The van der Waals surface area contributed by atoms with E-state index in [1.807, 2.05) is 6.92 Å². The molecule has 1 spiro atoms. The number of amides is 2. The van der Waals surface area contributed by atoms with Crippen LogP contribution in [-0.2, 0) is 16.0 Å². The fourth-order valence-corrected chi connectivity index (χ4v) is 5.01. The number of aromatic nitrogens is 1. The SMILES string of the molecule is CC1CCC2(OCCO2)C2CN1C(=O)c1c(O)c(=O)c(C(=O)NCc3c(F)cc(F)cc3F)cn12. The third kappa shape index (κ3) is 3.67. The Bertz CT molecular complexity index is 1270. The van der Waals surface area contributed by atoms with E-state index in [4.69, 9.17) is 9.47 Å². The van der Waals surface area contributed by atoms with Crippen molar-refractivity contribution in [2.75, 3.05) is 19.8 Å². The molecule has 0 aliphatic carbocycles. The largest absolute Gasteiger partial charge is 0.503 e. The Kier molecular flexibility index (Phi) is 5.59. The number of hydrogen-bond acceptors (Lipinski definition) is 6. The summed E-state index contributed by atoms with van der Waals surface area (Å²) in [7, 11) is 0. The van der Waals surface area contributed by atoms with Crippen molar-refractivity contribution in [3.8, 4) is 5.75 Å². The summed E-state index contributed by atoms with van der Waals surface area (Å²) in [6, 6.07) is 0.0715. The lowest BCUT2D eigenvalue weighted by atomic mass is 9.99. The molecule has 2 aromatic rings. The normalized spacial score (nSPS) is 22.7. The molecule has 4 heterocycles. The van der Waals surface area contributed by atoms with Crippen LogP contribution < -0.4 is 10.7 Å². The Balaban J connectivity index is 1.54. The van der Waals surface area contributed by atoms with E-state index in [1.54, 1.807) is 4.90 Å². The molecular weight excluding hydrogens is 471 g/mol. The van der Waals surface area contributed by atoms with E-state index in [0.717, 1.165) is 6.20 Å². The van der Waals surface area contributed by atoms with Crippen molar-refractivity contribution in [1.82, 2.24) is 14.8 Å².